The molecule has 0 heterocycles. The van der Waals surface area contributed by atoms with Crippen LogP contribution < -0.4 is 33.0 Å². The van der Waals surface area contributed by atoms with E-state index in [0.717, 1.165) is 104 Å². The maximum absolute atomic E-state index is 12.4. The summed E-state index contributed by atoms with van der Waals surface area (Å²) in [4.78, 5) is 24.4. The number of nitrogens with two attached hydrogens (primary N) is 2. The average molecular weight is 873 g/mol. The fourth-order valence-electron chi connectivity index (χ4n) is 7.59. The summed E-state index contributed by atoms with van der Waals surface area (Å²) in [5, 5.41) is 49.2. The normalized spacial score (nSPS) is 13.9. The summed E-state index contributed by atoms with van der Waals surface area (Å²) in [5.41, 5.74) is 18.9. The van der Waals surface area contributed by atoms with E-state index in [1.807, 2.05) is 0 Å². The number of aliphatic hydroxyl groups excluding tert-OH is 4. The number of hydrogen-bond donors (Lipinski definition) is 10. The number of amides is 2. The van der Waals surface area contributed by atoms with Crippen molar-refractivity contribution in [2.24, 2.45) is 17.4 Å². The van der Waals surface area contributed by atoms with Crippen LogP contribution >= 0.6 is 0 Å². The van der Waals surface area contributed by atoms with E-state index in [1.165, 1.54) is 116 Å². The summed E-state index contributed by atoms with van der Waals surface area (Å²) >= 11 is 0. The number of unbranched alkanes of at least 4 members (excludes halogenated alkanes) is 19. The van der Waals surface area contributed by atoms with Crippen molar-refractivity contribution in [3.05, 3.63) is 0 Å². The molecule has 2 amide bonds. The quantitative estimate of drug-likeness (QED) is 0.0275. The van der Waals surface area contributed by atoms with E-state index < -0.39 is 30.3 Å². The van der Waals surface area contributed by atoms with Crippen LogP contribution in [0.1, 0.15) is 194 Å². The van der Waals surface area contributed by atoms with Gasteiger partial charge in [-0.1, -0.05) is 129 Å². The molecule has 14 nitrogen and oxygen atoms in total. The van der Waals surface area contributed by atoms with Crippen LogP contribution in [-0.2, 0) is 9.59 Å². The Kier molecular flexibility index (Phi) is 42.7. The fraction of sp³-hybridized carbons (Fsp3) is 0.957. The zero-order valence-electron chi connectivity index (χ0n) is 39.7. The lowest BCUT2D eigenvalue weighted by atomic mass is 9.99. The zero-order chi connectivity index (χ0) is 45.2. The lowest BCUT2D eigenvalue weighted by Crippen LogP contribution is -2.50. The lowest BCUT2D eigenvalue weighted by molar-refractivity contribution is -0.145. The van der Waals surface area contributed by atoms with Crippen molar-refractivity contribution in [2.75, 3.05) is 65.4 Å². The van der Waals surface area contributed by atoms with E-state index in [-0.39, 0.29) is 5.91 Å². The second-order valence-corrected chi connectivity index (χ2v) is 17.6. The Morgan fingerprint density at radius 2 is 0.918 bits per heavy atom. The van der Waals surface area contributed by atoms with Crippen LogP contribution in [0.5, 0.6) is 0 Å². The Labute approximate surface area is 373 Å². The van der Waals surface area contributed by atoms with Gasteiger partial charge in [0.2, 0.25) is 5.91 Å². The molecule has 0 aliphatic heterocycles. The first-order valence-electron chi connectivity index (χ1n) is 25.2. The summed E-state index contributed by atoms with van der Waals surface area (Å²) in [7, 11) is 0. The van der Waals surface area contributed by atoms with Gasteiger partial charge in [0, 0.05) is 58.8 Å². The number of hydrogen-bond acceptors (Lipinski definition) is 12. The van der Waals surface area contributed by atoms with Gasteiger partial charge in [-0.3, -0.25) is 20.4 Å². The van der Waals surface area contributed by atoms with Gasteiger partial charge in [-0.15, -0.1) is 0 Å². The predicted molar refractivity (Wildman–Crippen MR) is 252 cm³/mol. The Bertz CT molecular complexity index is 946. The van der Waals surface area contributed by atoms with Crippen molar-refractivity contribution >= 4 is 11.8 Å². The number of aliphatic hydroxyl groups is 4. The van der Waals surface area contributed by atoms with E-state index in [2.05, 4.69) is 45.4 Å². The number of nitrogens with one attached hydrogen (secondary N) is 4. The molecule has 0 saturated heterocycles. The van der Waals surface area contributed by atoms with Crippen molar-refractivity contribution < 1.29 is 30.0 Å². The molecule has 364 valence electrons. The van der Waals surface area contributed by atoms with Crippen molar-refractivity contribution in [2.45, 2.75) is 219 Å². The molecule has 4 atom stereocenters. The minimum Gasteiger partial charge on any atom is -0.391 e. The molecule has 0 rings (SSSR count). The highest BCUT2D eigenvalue weighted by Gasteiger charge is 2.32. The molecule has 0 unspecified atom stereocenters. The largest absolute Gasteiger partial charge is 0.391 e. The summed E-state index contributed by atoms with van der Waals surface area (Å²) in [6.45, 7) is 14.5. The summed E-state index contributed by atoms with van der Waals surface area (Å²) in [5.74, 6) is 0.0401. The highest BCUT2D eigenvalue weighted by atomic mass is 16.4. The monoisotopic (exact) mass is 873 g/mol. The topological polar surface area (TPSA) is 222 Å². The third kappa shape index (κ3) is 36.6. The molecule has 14 heteroatoms. The van der Waals surface area contributed by atoms with Gasteiger partial charge in [-0.2, -0.15) is 0 Å². The molecule has 0 radical (unpaired) electrons. The second kappa shape index (κ2) is 43.8. The summed E-state index contributed by atoms with van der Waals surface area (Å²) in [6, 6.07) is 0. The maximum atomic E-state index is 12.4. The van der Waals surface area contributed by atoms with Crippen LogP contribution in [0.4, 0.5) is 0 Å². The van der Waals surface area contributed by atoms with Gasteiger partial charge in [0.1, 0.15) is 12.2 Å². The third-order valence-electron chi connectivity index (χ3n) is 11.6. The molecular weight excluding hydrogens is 773 g/mol. The van der Waals surface area contributed by atoms with Crippen molar-refractivity contribution in [1.29, 1.82) is 0 Å². The Morgan fingerprint density at radius 1 is 0.508 bits per heavy atom. The molecule has 0 bridgehead atoms. The van der Waals surface area contributed by atoms with E-state index in [0.29, 0.717) is 32.0 Å². The smallest absolute Gasteiger partial charge is 0.251 e. The van der Waals surface area contributed by atoms with Gasteiger partial charge >= 0.3 is 0 Å². The Hall–Kier alpha value is -1.46. The molecule has 12 N–H and O–H groups in total. The number of carbonyl (C=O) groups excluding carboxylic acids is 2. The molecule has 61 heavy (non-hydrogen) atoms. The van der Waals surface area contributed by atoms with Gasteiger partial charge < -0.3 is 42.5 Å². The maximum Gasteiger partial charge on any atom is 0.251 e. The number of nitrogens with zero attached hydrogens (tertiary/aromatic N) is 2. The number of carbonyl (C=O) groups is 2. The molecule has 0 aromatic heterocycles. The van der Waals surface area contributed by atoms with Crippen molar-refractivity contribution in [1.82, 2.24) is 31.5 Å². The molecule has 0 aliphatic carbocycles. The van der Waals surface area contributed by atoms with Crippen molar-refractivity contribution in [3.63, 3.8) is 0 Å². The highest BCUT2D eigenvalue weighted by Crippen LogP contribution is 2.16. The van der Waals surface area contributed by atoms with E-state index >= 15 is 0 Å². The average Bonchev–Trinajstić information content (AvgIpc) is 3.25. The second-order valence-electron chi connectivity index (χ2n) is 17.6. The number of hydrazine groups is 2. The minimum absolute atomic E-state index is 0.206. The Balaban J connectivity index is 3.99. The van der Waals surface area contributed by atoms with E-state index in [9.17, 15) is 30.0 Å². The SMILES string of the molecule is CCCCN(CC(CCCCCCNC(=O)CCCCCCCCCCCCCCCCCNC(=O)[C@H](O)[C@@H](O)[C@H](O)[C@@H](C)O)CN(CCCC)NCCCN)NCCCN. The molecule has 0 aromatic rings. The van der Waals surface area contributed by atoms with E-state index in [4.69, 9.17) is 11.5 Å². The van der Waals surface area contributed by atoms with Gasteiger partial charge in [-0.25, -0.2) is 10.0 Å². The van der Waals surface area contributed by atoms with Gasteiger partial charge in [0.15, 0.2) is 6.10 Å². The third-order valence-corrected chi connectivity index (χ3v) is 11.6. The molecule has 0 aromatic carbocycles. The van der Waals surface area contributed by atoms with Crippen LogP contribution in [-0.4, -0.2) is 132 Å². The molecule has 0 saturated carbocycles. The highest BCUT2D eigenvalue weighted by molar-refractivity contribution is 5.81. The van der Waals surface area contributed by atoms with Crippen LogP contribution in [0.3, 0.4) is 0 Å². The standard InChI is InChI=1S/C47H100N8O6/c1-4-6-37-54(52-35-27-31-48)39-42(40-55(38-7-5-2)53-36-28-32-49)29-23-20-22-25-33-50-43(57)30-24-19-17-15-13-11-9-8-10-12-14-16-18-21-26-34-51-47(61)46(60)45(59)44(58)41(3)56/h41-42,44-46,52-53,56,58-60H,4-40,48-49H2,1-3H3,(H,50,57)(H,51,61)/t41-,44-,45+,46-/m1/s1. The van der Waals surface area contributed by atoms with Gasteiger partial charge in [0.05, 0.1) is 6.10 Å². The lowest BCUT2D eigenvalue weighted by Gasteiger charge is -2.32. The Morgan fingerprint density at radius 3 is 1.34 bits per heavy atom. The minimum atomic E-state index is -1.77. The first-order chi connectivity index (χ1) is 29.6. The molecule has 0 spiro atoms. The predicted octanol–water partition coefficient (Wildman–Crippen LogP) is 5.40. The number of rotatable bonds is 47. The summed E-state index contributed by atoms with van der Waals surface area (Å²) < 4.78 is 0. The fourth-order valence-corrected chi connectivity index (χ4v) is 7.59. The molecular formula is C47H100N8O6. The zero-order valence-corrected chi connectivity index (χ0v) is 39.7. The van der Waals surface area contributed by atoms with Crippen LogP contribution in [0.2, 0.25) is 0 Å². The van der Waals surface area contributed by atoms with E-state index in [1.54, 1.807) is 0 Å². The van der Waals surface area contributed by atoms with Gasteiger partial charge in [0.25, 0.3) is 5.91 Å². The van der Waals surface area contributed by atoms with Gasteiger partial charge in [-0.05, 0) is 77.3 Å². The first-order valence-corrected chi connectivity index (χ1v) is 25.2. The summed E-state index contributed by atoms with van der Waals surface area (Å²) in [6.07, 6.45) is 24.5. The molecule has 0 aliphatic rings. The van der Waals surface area contributed by atoms with Crippen LogP contribution in [0, 0.1) is 5.92 Å². The van der Waals surface area contributed by atoms with Crippen LogP contribution in [0.15, 0.2) is 0 Å². The first kappa shape index (κ1) is 59.5. The van der Waals surface area contributed by atoms with Crippen molar-refractivity contribution in [3.8, 4) is 0 Å². The molecule has 0 fully saturated rings. The van der Waals surface area contributed by atoms with Crippen LogP contribution in [0.25, 0.3) is 0 Å².